The molecule has 2 aromatic heterocycles. The lowest BCUT2D eigenvalue weighted by molar-refractivity contribution is 0.0595. The molecule has 2 aromatic rings. The van der Waals surface area contributed by atoms with E-state index in [1.807, 2.05) is 17.0 Å². The Bertz CT molecular complexity index is 643. The van der Waals surface area contributed by atoms with Gasteiger partial charge in [-0.05, 0) is 37.0 Å². The maximum absolute atomic E-state index is 12.5. The standard InChI is InChI=1S/C15H16N4O/c20-15(14-12-2-1-3-13(12)17-18-14)19-8-11(9-19)10-4-6-16-7-5-10/h4-7,11H,1-3,8-9H2,(H,17,18). The number of rotatable bonds is 2. The molecular weight excluding hydrogens is 252 g/mol. The molecule has 102 valence electrons. The van der Waals surface area contributed by atoms with Crippen LogP contribution >= 0.6 is 0 Å². The van der Waals surface area contributed by atoms with Crippen LogP contribution in [0.2, 0.25) is 0 Å². The Hall–Kier alpha value is -2.17. The number of likely N-dealkylation sites (tertiary alicyclic amines) is 1. The highest BCUT2D eigenvalue weighted by Crippen LogP contribution is 2.30. The van der Waals surface area contributed by atoms with Crippen molar-refractivity contribution in [3.63, 3.8) is 0 Å². The molecule has 20 heavy (non-hydrogen) atoms. The molecule has 0 radical (unpaired) electrons. The Morgan fingerprint density at radius 1 is 1.25 bits per heavy atom. The number of nitrogens with one attached hydrogen (secondary N) is 1. The van der Waals surface area contributed by atoms with Crippen LogP contribution in [-0.2, 0) is 12.8 Å². The molecule has 1 aliphatic heterocycles. The maximum atomic E-state index is 12.5. The SMILES string of the molecule is O=C(c1n[nH]c2c1CCC2)N1CC(c2ccncc2)C1. The number of nitrogens with zero attached hydrogens (tertiary/aromatic N) is 3. The van der Waals surface area contributed by atoms with Gasteiger partial charge in [0.25, 0.3) is 5.91 Å². The number of pyridine rings is 1. The van der Waals surface area contributed by atoms with Crippen LogP contribution in [0.15, 0.2) is 24.5 Å². The number of aromatic nitrogens is 3. The summed E-state index contributed by atoms with van der Waals surface area (Å²) in [6.07, 6.45) is 6.74. The summed E-state index contributed by atoms with van der Waals surface area (Å²) < 4.78 is 0. The lowest BCUT2D eigenvalue weighted by atomic mass is 9.92. The molecule has 0 atom stereocenters. The van der Waals surface area contributed by atoms with Crippen LogP contribution in [0.4, 0.5) is 0 Å². The van der Waals surface area contributed by atoms with Crippen LogP contribution in [0.25, 0.3) is 0 Å². The van der Waals surface area contributed by atoms with Crippen LogP contribution in [0, 0.1) is 0 Å². The summed E-state index contributed by atoms with van der Waals surface area (Å²) in [4.78, 5) is 18.4. The highest BCUT2D eigenvalue weighted by atomic mass is 16.2. The quantitative estimate of drug-likeness (QED) is 0.898. The number of carbonyl (C=O) groups excluding carboxylic acids is 1. The molecule has 2 aliphatic rings. The zero-order chi connectivity index (χ0) is 13.5. The van der Waals surface area contributed by atoms with Gasteiger partial charge in [-0.15, -0.1) is 0 Å². The fourth-order valence-electron chi connectivity index (χ4n) is 3.14. The molecule has 3 heterocycles. The summed E-state index contributed by atoms with van der Waals surface area (Å²) in [6, 6.07) is 4.05. The molecule has 5 heteroatoms. The van der Waals surface area contributed by atoms with Crippen molar-refractivity contribution in [2.24, 2.45) is 0 Å². The first kappa shape index (κ1) is 11.6. The molecule has 0 saturated carbocycles. The molecule has 0 bridgehead atoms. The van der Waals surface area contributed by atoms with Crippen molar-refractivity contribution in [3.8, 4) is 0 Å². The smallest absolute Gasteiger partial charge is 0.274 e. The summed E-state index contributed by atoms with van der Waals surface area (Å²) in [6.45, 7) is 1.56. The van der Waals surface area contributed by atoms with Crippen molar-refractivity contribution in [2.45, 2.75) is 25.2 Å². The second-order valence-electron chi connectivity index (χ2n) is 5.57. The van der Waals surface area contributed by atoms with Crippen molar-refractivity contribution in [1.29, 1.82) is 0 Å². The van der Waals surface area contributed by atoms with E-state index in [1.165, 1.54) is 5.56 Å². The van der Waals surface area contributed by atoms with E-state index in [0.29, 0.717) is 11.6 Å². The minimum atomic E-state index is 0.0784. The Morgan fingerprint density at radius 3 is 2.85 bits per heavy atom. The lowest BCUT2D eigenvalue weighted by Gasteiger charge is -2.39. The second kappa shape index (κ2) is 4.44. The van der Waals surface area contributed by atoms with Crippen molar-refractivity contribution in [1.82, 2.24) is 20.1 Å². The Morgan fingerprint density at radius 2 is 2.05 bits per heavy atom. The second-order valence-corrected chi connectivity index (χ2v) is 5.57. The number of aromatic amines is 1. The van der Waals surface area contributed by atoms with Gasteiger partial charge in [-0.25, -0.2) is 0 Å². The van der Waals surface area contributed by atoms with Crippen molar-refractivity contribution < 1.29 is 4.79 Å². The van der Waals surface area contributed by atoms with Gasteiger partial charge < -0.3 is 4.90 Å². The molecular formula is C15H16N4O. The third-order valence-electron chi connectivity index (χ3n) is 4.36. The largest absolute Gasteiger partial charge is 0.336 e. The highest BCUT2D eigenvalue weighted by Gasteiger charge is 2.35. The van der Waals surface area contributed by atoms with Gasteiger partial charge in [-0.3, -0.25) is 14.9 Å². The first-order valence-corrected chi connectivity index (χ1v) is 7.08. The van der Waals surface area contributed by atoms with E-state index in [2.05, 4.69) is 15.2 Å². The van der Waals surface area contributed by atoms with Gasteiger partial charge in [-0.1, -0.05) is 0 Å². The zero-order valence-corrected chi connectivity index (χ0v) is 11.2. The molecule has 1 amide bonds. The van der Waals surface area contributed by atoms with E-state index in [4.69, 9.17) is 0 Å². The first-order valence-electron chi connectivity index (χ1n) is 7.08. The van der Waals surface area contributed by atoms with E-state index in [1.54, 1.807) is 12.4 Å². The van der Waals surface area contributed by atoms with Crippen LogP contribution in [0.3, 0.4) is 0 Å². The third-order valence-corrected chi connectivity index (χ3v) is 4.36. The number of H-pyrrole nitrogens is 1. The van der Waals surface area contributed by atoms with Crippen LogP contribution < -0.4 is 0 Å². The number of hydrogen-bond donors (Lipinski definition) is 1. The molecule has 0 aromatic carbocycles. The Balaban J connectivity index is 1.47. The molecule has 0 unspecified atom stereocenters. The summed E-state index contributed by atoms with van der Waals surface area (Å²) >= 11 is 0. The van der Waals surface area contributed by atoms with Gasteiger partial charge in [0.2, 0.25) is 0 Å². The lowest BCUT2D eigenvalue weighted by Crippen LogP contribution is -2.48. The van der Waals surface area contributed by atoms with E-state index in [-0.39, 0.29) is 5.91 Å². The van der Waals surface area contributed by atoms with Gasteiger partial charge in [0.15, 0.2) is 5.69 Å². The van der Waals surface area contributed by atoms with Crippen molar-refractivity contribution in [3.05, 3.63) is 47.0 Å². The molecule has 0 spiro atoms. The number of hydrogen-bond acceptors (Lipinski definition) is 3. The monoisotopic (exact) mass is 268 g/mol. The van der Waals surface area contributed by atoms with E-state index in [9.17, 15) is 4.79 Å². The van der Waals surface area contributed by atoms with E-state index in [0.717, 1.165) is 43.6 Å². The zero-order valence-electron chi connectivity index (χ0n) is 11.2. The topological polar surface area (TPSA) is 61.9 Å². The van der Waals surface area contributed by atoms with Crippen LogP contribution in [0.5, 0.6) is 0 Å². The molecule has 1 saturated heterocycles. The third kappa shape index (κ3) is 1.73. The normalized spacial score (nSPS) is 17.9. The Labute approximate surface area is 117 Å². The van der Waals surface area contributed by atoms with Gasteiger partial charge in [0.1, 0.15) is 0 Å². The summed E-state index contributed by atoms with van der Waals surface area (Å²) in [7, 11) is 0. The van der Waals surface area contributed by atoms with Gasteiger partial charge >= 0.3 is 0 Å². The molecule has 1 fully saturated rings. The number of amides is 1. The average Bonchev–Trinajstić information content (AvgIpc) is 3.00. The minimum absolute atomic E-state index is 0.0784. The minimum Gasteiger partial charge on any atom is -0.336 e. The molecule has 4 rings (SSSR count). The van der Waals surface area contributed by atoms with E-state index < -0.39 is 0 Å². The Kier molecular flexibility index (Phi) is 2.58. The number of aryl methyl sites for hydroxylation is 1. The summed E-state index contributed by atoms with van der Waals surface area (Å²) in [5, 5.41) is 7.22. The van der Waals surface area contributed by atoms with Crippen LogP contribution in [0.1, 0.15) is 39.6 Å². The van der Waals surface area contributed by atoms with Crippen molar-refractivity contribution >= 4 is 5.91 Å². The molecule has 1 aliphatic carbocycles. The fraction of sp³-hybridized carbons (Fsp3) is 0.400. The van der Waals surface area contributed by atoms with Crippen LogP contribution in [-0.4, -0.2) is 39.1 Å². The predicted molar refractivity (Wildman–Crippen MR) is 73.5 cm³/mol. The summed E-state index contributed by atoms with van der Waals surface area (Å²) in [5.41, 5.74) is 4.20. The molecule has 1 N–H and O–H groups in total. The van der Waals surface area contributed by atoms with Gasteiger partial charge in [-0.2, -0.15) is 5.10 Å². The first-order chi connectivity index (χ1) is 9.83. The van der Waals surface area contributed by atoms with Gasteiger partial charge in [0, 0.05) is 42.7 Å². The fourth-order valence-corrected chi connectivity index (χ4v) is 3.14. The number of fused-ring (bicyclic) bond motifs is 1. The molecule has 5 nitrogen and oxygen atoms in total. The summed E-state index contributed by atoms with van der Waals surface area (Å²) in [5.74, 6) is 0.517. The highest BCUT2D eigenvalue weighted by molar-refractivity contribution is 5.94. The van der Waals surface area contributed by atoms with Gasteiger partial charge in [0.05, 0.1) is 0 Å². The maximum Gasteiger partial charge on any atom is 0.274 e. The number of carbonyl (C=O) groups is 1. The van der Waals surface area contributed by atoms with Crippen molar-refractivity contribution in [2.75, 3.05) is 13.1 Å². The average molecular weight is 268 g/mol. The van der Waals surface area contributed by atoms with E-state index >= 15 is 0 Å². The predicted octanol–water partition coefficient (Wildman–Crippen LogP) is 1.53.